The van der Waals surface area contributed by atoms with Crippen LogP contribution >= 0.6 is 0 Å². The quantitative estimate of drug-likeness (QED) is 0.412. The van der Waals surface area contributed by atoms with Gasteiger partial charge in [0.25, 0.3) is 0 Å². The summed E-state index contributed by atoms with van der Waals surface area (Å²) in [7, 11) is 0. The van der Waals surface area contributed by atoms with Gasteiger partial charge in [0, 0.05) is 0 Å². The van der Waals surface area contributed by atoms with Gasteiger partial charge in [-0.25, -0.2) is 4.79 Å². The van der Waals surface area contributed by atoms with E-state index in [0.717, 1.165) is 0 Å². The Kier molecular flexibility index (Phi) is 2.40. The summed E-state index contributed by atoms with van der Waals surface area (Å²) >= 11 is 0. The molecule has 0 fully saturated rings. The largest absolute Gasteiger partial charge is 0.513 e. The van der Waals surface area contributed by atoms with Crippen molar-refractivity contribution in [2.75, 3.05) is 0 Å². The van der Waals surface area contributed by atoms with Crippen molar-refractivity contribution in [2.45, 2.75) is 20.8 Å². The molecule has 10 heavy (non-hydrogen) atoms. The van der Waals surface area contributed by atoms with E-state index in [1.807, 2.05) is 0 Å². The SMILES string of the molecule is CC(C)(C)C(=O)OC(=O)O. The Balaban J connectivity index is 3.99. The lowest BCUT2D eigenvalue weighted by Gasteiger charge is -2.12. The molecule has 58 valence electrons. The van der Waals surface area contributed by atoms with Crippen LogP contribution in [0.1, 0.15) is 20.8 Å². The normalized spacial score (nSPS) is 10.7. The minimum atomic E-state index is -1.56. The third kappa shape index (κ3) is 3.06. The van der Waals surface area contributed by atoms with Gasteiger partial charge in [-0.1, -0.05) is 0 Å². The van der Waals surface area contributed by atoms with Gasteiger partial charge < -0.3 is 9.84 Å². The molecule has 0 bridgehead atoms. The monoisotopic (exact) mass is 146 g/mol. The van der Waals surface area contributed by atoms with Crippen molar-refractivity contribution in [3.8, 4) is 0 Å². The van der Waals surface area contributed by atoms with Gasteiger partial charge in [-0.15, -0.1) is 0 Å². The molecule has 0 radical (unpaired) electrons. The molecule has 0 rings (SSSR count). The molecule has 4 heteroatoms. The Morgan fingerprint density at radius 1 is 1.30 bits per heavy atom. The predicted octanol–water partition coefficient (Wildman–Crippen LogP) is 1.25. The number of carbonyl (C=O) groups is 2. The maximum Gasteiger partial charge on any atom is 0.513 e. The van der Waals surface area contributed by atoms with Crippen molar-refractivity contribution in [1.29, 1.82) is 0 Å². The van der Waals surface area contributed by atoms with E-state index in [1.165, 1.54) is 0 Å². The third-order valence-corrected chi connectivity index (χ3v) is 0.792. The van der Waals surface area contributed by atoms with Crippen LogP contribution < -0.4 is 0 Å². The van der Waals surface area contributed by atoms with E-state index < -0.39 is 17.5 Å². The maximum atomic E-state index is 10.7. The molecular formula is C6H10O4. The van der Waals surface area contributed by atoms with Crippen LogP contribution in [0, 0.1) is 5.41 Å². The van der Waals surface area contributed by atoms with E-state index in [2.05, 4.69) is 4.74 Å². The standard InChI is InChI=1S/C6H10O4/c1-6(2,3)4(7)10-5(8)9/h1-3H3,(H,8,9). The summed E-state index contributed by atoms with van der Waals surface area (Å²) in [5.41, 5.74) is -0.752. The van der Waals surface area contributed by atoms with Gasteiger partial charge >= 0.3 is 12.1 Å². The van der Waals surface area contributed by atoms with Crippen molar-refractivity contribution in [3.63, 3.8) is 0 Å². The Labute approximate surface area is 58.8 Å². The zero-order valence-corrected chi connectivity index (χ0v) is 6.17. The van der Waals surface area contributed by atoms with E-state index >= 15 is 0 Å². The fourth-order valence-corrected chi connectivity index (χ4v) is 0.232. The second kappa shape index (κ2) is 2.68. The number of ether oxygens (including phenoxy) is 1. The molecule has 0 spiro atoms. The molecule has 0 aromatic rings. The Hall–Kier alpha value is -1.06. The van der Waals surface area contributed by atoms with E-state index in [-0.39, 0.29) is 0 Å². The summed E-state index contributed by atoms with van der Waals surface area (Å²) in [6.07, 6.45) is -1.56. The van der Waals surface area contributed by atoms with Gasteiger partial charge in [-0.05, 0) is 20.8 Å². The van der Waals surface area contributed by atoms with Gasteiger partial charge in [0.05, 0.1) is 5.41 Å². The molecule has 0 atom stereocenters. The fraction of sp³-hybridized carbons (Fsp3) is 0.667. The molecule has 0 aliphatic rings. The van der Waals surface area contributed by atoms with E-state index in [0.29, 0.717) is 0 Å². The lowest BCUT2D eigenvalue weighted by molar-refractivity contribution is -0.147. The first kappa shape index (κ1) is 8.94. The van der Waals surface area contributed by atoms with Crippen LogP contribution in [0.15, 0.2) is 0 Å². The second-order valence-corrected chi connectivity index (χ2v) is 2.91. The van der Waals surface area contributed by atoms with Gasteiger partial charge in [0.1, 0.15) is 0 Å². The molecule has 0 aromatic carbocycles. The van der Waals surface area contributed by atoms with Crippen LogP contribution in [-0.2, 0) is 9.53 Å². The zero-order valence-electron chi connectivity index (χ0n) is 6.17. The molecule has 4 nitrogen and oxygen atoms in total. The Morgan fingerprint density at radius 3 is 1.80 bits per heavy atom. The summed E-state index contributed by atoms with van der Waals surface area (Å²) in [5.74, 6) is -0.736. The van der Waals surface area contributed by atoms with E-state index in [9.17, 15) is 9.59 Å². The molecule has 0 aliphatic heterocycles. The number of carbonyl (C=O) groups excluding carboxylic acids is 1. The summed E-state index contributed by atoms with van der Waals surface area (Å²) in [5, 5.41) is 8.00. The topological polar surface area (TPSA) is 63.6 Å². The fourth-order valence-electron chi connectivity index (χ4n) is 0.232. The van der Waals surface area contributed by atoms with Gasteiger partial charge in [0.2, 0.25) is 0 Å². The first-order valence-corrected chi connectivity index (χ1v) is 2.79. The van der Waals surface area contributed by atoms with Crippen molar-refractivity contribution in [3.05, 3.63) is 0 Å². The molecule has 0 amide bonds. The average molecular weight is 146 g/mol. The number of esters is 1. The highest BCUT2D eigenvalue weighted by molar-refractivity contribution is 5.84. The third-order valence-electron chi connectivity index (χ3n) is 0.792. The van der Waals surface area contributed by atoms with Crippen LogP contribution in [0.2, 0.25) is 0 Å². The van der Waals surface area contributed by atoms with Crippen LogP contribution in [0.5, 0.6) is 0 Å². The number of hydrogen-bond donors (Lipinski definition) is 1. The first-order valence-electron chi connectivity index (χ1n) is 2.79. The van der Waals surface area contributed by atoms with Crippen LogP contribution in [0.4, 0.5) is 4.79 Å². The van der Waals surface area contributed by atoms with Gasteiger partial charge in [0.15, 0.2) is 0 Å². The molecule has 0 saturated carbocycles. The summed E-state index contributed by atoms with van der Waals surface area (Å²) < 4.78 is 3.89. The Bertz CT molecular complexity index is 154. The number of carboxylic acid groups (broad SMARTS) is 1. The highest BCUT2D eigenvalue weighted by Crippen LogP contribution is 2.14. The second-order valence-electron chi connectivity index (χ2n) is 2.91. The van der Waals surface area contributed by atoms with Crippen molar-refractivity contribution in [1.82, 2.24) is 0 Å². The van der Waals surface area contributed by atoms with Crippen LogP contribution in [-0.4, -0.2) is 17.2 Å². The van der Waals surface area contributed by atoms with Crippen LogP contribution in [0.25, 0.3) is 0 Å². The molecule has 0 saturated heterocycles. The van der Waals surface area contributed by atoms with Crippen molar-refractivity contribution < 1.29 is 19.4 Å². The first-order chi connectivity index (χ1) is 4.34. The Morgan fingerprint density at radius 2 is 1.70 bits per heavy atom. The van der Waals surface area contributed by atoms with Gasteiger partial charge in [-0.2, -0.15) is 0 Å². The molecule has 0 unspecified atom stereocenters. The maximum absolute atomic E-state index is 10.7. The minimum absolute atomic E-state index is 0.736. The van der Waals surface area contributed by atoms with Gasteiger partial charge in [-0.3, -0.25) is 4.79 Å². The molecule has 0 heterocycles. The predicted molar refractivity (Wildman–Crippen MR) is 33.6 cm³/mol. The molecular weight excluding hydrogens is 136 g/mol. The highest BCUT2D eigenvalue weighted by atomic mass is 16.7. The zero-order chi connectivity index (χ0) is 8.36. The lowest BCUT2D eigenvalue weighted by Crippen LogP contribution is -2.24. The number of hydrogen-bond acceptors (Lipinski definition) is 3. The summed E-state index contributed by atoms with van der Waals surface area (Å²) in [6, 6.07) is 0. The van der Waals surface area contributed by atoms with Crippen molar-refractivity contribution in [2.24, 2.45) is 5.41 Å². The lowest BCUT2D eigenvalue weighted by atomic mass is 9.98. The highest BCUT2D eigenvalue weighted by Gasteiger charge is 2.25. The van der Waals surface area contributed by atoms with Crippen molar-refractivity contribution >= 4 is 12.1 Å². The summed E-state index contributed by atoms with van der Waals surface area (Å²) in [6.45, 7) is 4.74. The van der Waals surface area contributed by atoms with E-state index in [4.69, 9.17) is 5.11 Å². The summed E-state index contributed by atoms with van der Waals surface area (Å²) in [4.78, 5) is 20.5. The molecule has 1 N–H and O–H groups in total. The molecule has 0 aromatic heterocycles. The smallest absolute Gasteiger partial charge is 0.449 e. The average Bonchev–Trinajstić information content (AvgIpc) is 1.60. The van der Waals surface area contributed by atoms with Crippen LogP contribution in [0.3, 0.4) is 0 Å². The minimum Gasteiger partial charge on any atom is -0.449 e. The van der Waals surface area contributed by atoms with E-state index in [1.54, 1.807) is 20.8 Å². The number of rotatable bonds is 0. The molecule has 0 aliphatic carbocycles.